The molecule has 0 aromatic heterocycles. The Bertz CT molecular complexity index is 511. The molecule has 1 aromatic rings. The number of carbonyl (C=O) groups is 1. The van der Waals surface area contributed by atoms with Crippen LogP contribution in [-0.2, 0) is 14.9 Å². The molecular formula is C13H22NNaO5S. The molecule has 1 aromatic carbocycles. The number of hydrogen-bond donors (Lipinski definition) is 1. The average molecular weight is 327 g/mol. The monoisotopic (exact) mass is 327 g/mol. The van der Waals surface area contributed by atoms with Crippen molar-refractivity contribution in [3.05, 3.63) is 29.8 Å². The quantitative estimate of drug-likeness (QED) is 0.505. The van der Waals surface area contributed by atoms with E-state index < -0.39 is 16.1 Å². The van der Waals surface area contributed by atoms with Gasteiger partial charge in [-0.05, 0) is 51.8 Å². The molecule has 0 heterocycles. The Labute approximate surface area is 148 Å². The van der Waals surface area contributed by atoms with Crippen molar-refractivity contribution in [2.75, 3.05) is 27.7 Å². The second-order valence-electron chi connectivity index (χ2n) is 4.48. The number of benzene rings is 1. The molecule has 0 aliphatic carbocycles. The number of nitrogens with zero attached hydrogens (tertiary/aromatic N) is 1. The van der Waals surface area contributed by atoms with Crippen molar-refractivity contribution in [3.63, 3.8) is 0 Å². The first-order chi connectivity index (χ1) is 9.18. The molecule has 0 aliphatic rings. The zero-order chi connectivity index (χ0) is 15.8. The van der Waals surface area contributed by atoms with E-state index in [2.05, 4.69) is 0 Å². The predicted molar refractivity (Wildman–Crippen MR) is 83.6 cm³/mol. The molecule has 1 rings (SSSR count). The van der Waals surface area contributed by atoms with Crippen molar-refractivity contribution >= 4 is 45.6 Å². The van der Waals surface area contributed by atoms with E-state index >= 15 is 0 Å². The van der Waals surface area contributed by atoms with E-state index in [-0.39, 0.29) is 40.0 Å². The summed E-state index contributed by atoms with van der Waals surface area (Å²) in [6.45, 7) is 2.19. The van der Waals surface area contributed by atoms with Gasteiger partial charge in [0.25, 0.3) is 10.1 Å². The molecular weight excluding hydrogens is 305 g/mol. The first-order valence-corrected chi connectivity index (χ1v) is 7.48. The zero-order valence-electron chi connectivity index (χ0n) is 12.2. The summed E-state index contributed by atoms with van der Waals surface area (Å²) < 4.78 is 35.0. The van der Waals surface area contributed by atoms with Gasteiger partial charge in [0.05, 0.1) is 17.1 Å². The normalized spacial score (nSPS) is 10.2. The number of hydrogen-bond acceptors (Lipinski definition) is 5. The van der Waals surface area contributed by atoms with Crippen LogP contribution in [0.15, 0.2) is 29.2 Å². The fraction of sp³-hybridized carbons (Fsp3) is 0.462. The SMILES string of the molecule is CCCOC(=O)c1ccc(S(=O)(=O)O)cc1.CN(C)C.[NaH]. The fourth-order valence-corrected chi connectivity index (χ4v) is 1.52. The summed E-state index contributed by atoms with van der Waals surface area (Å²) in [4.78, 5) is 13.1. The topological polar surface area (TPSA) is 83.9 Å². The van der Waals surface area contributed by atoms with Gasteiger partial charge >= 0.3 is 35.5 Å². The molecule has 6 nitrogen and oxygen atoms in total. The minimum atomic E-state index is -4.21. The van der Waals surface area contributed by atoms with Crippen LogP contribution in [0.3, 0.4) is 0 Å². The maximum absolute atomic E-state index is 11.3. The zero-order valence-corrected chi connectivity index (χ0v) is 13.0. The van der Waals surface area contributed by atoms with Gasteiger partial charge in [0.2, 0.25) is 0 Å². The molecule has 1 N–H and O–H groups in total. The van der Waals surface area contributed by atoms with Crippen molar-refractivity contribution in [1.82, 2.24) is 4.90 Å². The first kappa shape index (κ1) is 22.8. The number of esters is 1. The second kappa shape index (κ2) is 11.2. The van der Waals surface area contributed by atoms with Crippen molar-refractivity contribution in [3.8, 4) is 0 Å². The molecule has 0 unspecified atom stereocenters. The molecule has 0 spiro atoms. The molecule has 0 saturated heterocycles. The van der Waals surface area contributed by atoms with Gasteiger partial charge in [-0.15, -0.1) is 0 Å². The van der Waals surface area contributed by atoms with E-state index in [1.54, 1.807) is 0 Å². The van der Waals surface area contributed by atoms with Crippen LogP contribution in [0.4, 0.5) is 0 Å². The molecule has 8 heteroatoms. The van der Waals surface area contributed by atoms with Crippen LogP contribution in [0.2, 0.25) is 0 Å². The van der Waals surface area contributed by atoms with Gasteiger partial charge in [0.1, 0.15) is 0 Å². The van der Waals surface area contributed by atoms with E-state index in [9.17, 15) is 13.2 Å². The Balaban J connectivity index is 0. The van der Waals surface area contributed by atoms with Crippen LogP contribution in [0.1, 0.15) is 23.7 Å². The molecule has 0 radical (unpaired) electrons. The van der Waals surface area contributed by atoms with Gasteiger partial charge in [-0.25, -0.2) is 4.79 Å². The average Bonchev–Trinajstić information content (AvgIpc) is 2.34. The Morgan fingerprint density at radius 1 is 1.19 bits per heavy atom. The third kappa shape index (κ3) is 10.9. The van der Waals surface area contributed by atoms with Crippen LogP contribution >= 0.6 is 0 Å². The molecule has 0 bridgehead atoms. The van der Waals surface area contributed by atoms with Crippen molar-refractivity contribution in [1.29, 1.82) is 0 Å². The summed E-state index contributed by atoms with van der Waals surface area (Å²) in [6, 6.07) is 4.89. The fourth-order valence-electron chi connectivity index (χ4n) is 1.04. The molecule has 21 heavy (non-hydrogen) atoms. The first-order valence-electron chi connectivity index (χ1n) is 6.04. The van der Waals surface area contributed by atoms with Crippen LogP contribution < -0.4 is 0 Å². The summed E-state index contributed by atoms with van der Waals surface area (Å²) in [6.07, 6.45) is 0.717. The Hall–Kier alpha value is -0.440. The van der Waals surface area contributed by atoms with Crippen LogP contribution in [-0.4, -0.2) is 81.1 Å². The summed E-state index contributed by atoms with van der Waals surface area (Å²) in [7, 11) is 1.79. The Morgan fingerprint density at radius 3 is 1.95 bits per heavy atom. The minimum absolute atomic E-state index is 0. The summed E-state index contributed by atoms with van der Waals surface area (Å²) in [5, 5.41) is 0. The van der Waals surface area contributed by atoms with Crippen LogP contribution in [0, 0.1) is 0 Å². The van der Waals surface area contributed by atoms with Gasteiger partial charge in [0, 0.05) is 0 Å². The summed E-state index contributed by atoms with van der Waals surface area (Å²) >= 11 is 0. The van der Waals surface area contributed by atoms with Gasteiger partial charge < -0.3 is 9.64 Å². The van der Waals surface area contributed by atoms with E-state index in [4.69, 9.17) is 9.29 Å². The second-order valence-corrected chi connectivity index (χ2v) is 5.90. The third-order valence-electron chi connectivity index (χ3n) is 1.83. The predicted octanol–water partition coefficient (Wildman–Crippen LogP) is 1.03. The van der Waals surface area contributed by atoms with Crippen LogP contribution in [0.25, 0.3) is 0 Å². The number of carbonyl (C=O) groups excluding carboxylic acids is 1. The van der Waals surface area contributed by atoms with Crippen molar-refractivity contribution in [2.45, 2.75) is 18.2 Å². The van der Waals surface area contributed by atoms with Crippen LogP contribution in [0.5, 0.6) is 0 Å². The Morgan fingerprint density at radius 2 is 1.62 bits per heavy atom. The number of rotatable bonds is 4. The van der Waals surface area contributed by atoms with Crippen molar-refractivity contribution < 1.29 is 22.5 Å². The van der Waals surface area contributed by atoms with Gasteiger partial charge in [-0.1, -0.05) is 6.92 Å². The molecule has 0 amide bonds. The number of ether oxygens (including phenoxy) is 1. The molecule has 0 atom stereocenters. The van der Waals surface area contributed by atoms with Gasteiger partial charge in [-0.2, -0.15) is 8.42 Å². The Kier molecular flexibility index (Phi) is 12.1. The maximum atomic E-state index is 11.3. The van der Waals surface area contributed by atoms with E-state index in [0.29, 0.717) is 6.61 Å². The third-order valence-corrected chi connectivity index (χ3v) is 2.69. The standard InChI is InChI=1S/C10H12O5S.C3H9N.Na.H/c1-2-7-15-10(11)8-3-5-9(6-4-8)16(12,13)14;1-4(2)3;;/h3-6H,2,7H2,1H3,(H,12,13,14);1-3H3;;. The van der Waals surface area contributed by atoms with E-state index in [0.717, 1.165) is 18.6 Å². The molecule has 116 valence electrons. The van der Waals surface area contributed by atoms with Crippen molar-refractivity contribution in [2.24, 2.45) is 0 Å². The molecule has 0 aliphatic heterocycles. The van der Waals surface area contributed by atoms with Gasteiger partial charge in [-0.3, -0.25) is 4.55 Å². The molecule has 0 saturated carbocycles. The molecule has 0 fully saturated rings. The summed E-state index contributed by atoms with van der Waals surface area (Å²) in [5.74, 6) is -0.510. The van der Waals surface area contributed by atoms with E-state index in [1.807, 2.05) is 33.0 Å². The van der Waals surface area contributed by atoms with Gasteiger partial charge in [0.15, 0.2) is 0 Å². The van der Waals surface area contributed by atoms with E-state index in [1.165, 1.54) is 12.1 Å². The summed E-state index contributed by atoms with van der Waals surface area (Å²) in [5.41, 5.74) is 0.251.